The Morgan fingerprint density at radius 1 is 1.35 bits per heavy atom. The molecule has 2 aromatic heterocycles. The third-order valence-electron chi connectivity index (χ3n) is 5.43. The summed E-state index contributed by atoms with van der Waals surface area (Å²) in [7, 11) is 0. The molecule has 1 aromatic carbocycles. The molecular formula is C21H21ClFN5O3. The lowest BCUT2D eigenvalue weighted by Crippen LogP contribution is -2.45. The topological polar surface area (TPSA) is 102 Å². The molecular weight excluding hydrogens is 425 g/mol. The average Bonchev–Trinajstić information content (AvgIpc) is 3.11. The van der Waals surface area contributed by atoms with Gasteiger partial charge in [-0.25, -0.2) is 23.8 Å². The molecule has 1 aliphatic heterocycles. The van der Waals surface area contributed by atoms with Crippen LogP contribution >= 0.6 is 11.6 Å². The van der Waals surface area contributed by atoms with Crippen LogP contribution in [0.2, 0.25) is 5.15 Å². The smallest absolute Gasteiger partial charge is 0.347 e. The molecule has 162 valence electrons. The van der Waals surface area contributed by atoms with E-state index >= 15 is 0 Å². The van der Waals surface area contributed by atoms with Gasteiger partial charge in [0.2, 0.25) is 0 Å². The highest BCUT2D eigenvalue weighted by Crippen LogP contribution is 2.35. The number of hydrogen-bond acceptors (Lipinski definition) is 5. The van der Waals surface area contributed by atoms with Gasteiger partial charge in [0.15, 0.2) is 0 Å². The summed E-state index contributed by atoms with van der Waals surface area (Å²) in [6.07, 6.45) is 3.93. The zero-order chi connectivity index (χ0) is 22.0. The van der Waals surface area contributed by atoms with Crippen molar-refractivity contribution >= 4 is 17.5 Å². The normalized spacial score (nSPS) is 18.7. The van der Waals surface area contributed by atoms with Crippen LogP contribution in [0.15, 0.2) is 41.3 Å². The first-order chi connectivity index (χ1) is 14.9. The first kappa shape index (κ1) is 21.2. The number of carbonyl (C=O) groups excluding carboxylic acids is 1. The zero-order valence-electron chi connectivity index (χ0n) is 16.8. The summed E-state index contributed by atoms with van der Waals surface area (Å²) >= 11 is 6.17. The minimum atomic E-state index is -0.753. The summed E-state index contributed by atoms with van der Waals surface area (Å²) in [5.41, 5.74) is 0.0907. The Kier molecular flexibility index (Phi) is 5.88. The van der Waals surface area contributed by atoms with Crippen molar-refractivity contribution in [3.8, 4) is 5.69 Å². The number of amides is 1. The monoisotopic (exact) mass is 445 g/mol. The molecule has 8 nitrogen and oxygen atoms in total. The number of aromatic amines is 1. The Morgan fingerprint density at radius 3 is 2.77 bits per heavy atom. The molecule has 10 heteroatoms. The number of aromatic nitrogens is 4. The van der Waals surface area contributed by atoms with E-state index in [-0.39, 0.29) is 23.1 Å². The van der Waals surface area contributed by atoms with Crippen molar-refractivity contribution in [2.45, 2.75) is 31.8 Å². The molecule has 1 atom stereocenters. The van der Waals surface area contributed by atoms with Gasteiger partial charge in [-0.1, -0.05) is 23.7 Å². The molecule has 3 heterocycles. The molecule has 1 unspecified atom stereocenters. The summed E-state index contributed by atoms with van der Waals surface area (Å²) < 4.78 is 20.8. The van der Waals surface area contributed by atoms with E-state index in [1.807, 2.05) is 0 Å². The maximum atomic E-state index is 13.4. The lowest BCUT2D eigenvalue weighted by Gasteiger charge is -2.38. The SMILES string of the molecule is Cc1n[nH]c(=O)n1-c1cnc(Cl)c(C(=O)NCC2(c3ccc(F)cc3)CCCCO2)c1. The van der Waals surface area contributed by atoms with Gasteiger partial charge in [0.25, 0.3) is 5.91 Å². The number of H-pyrrole nitrogens is 1. The fourth-order valence-electron chi connectivity index (χ4n) is 3.79. The molecule has 1 fully saturated rings. The summed E-state index contributed by atoms with van der Waals surface area (Å²) in [6, 6.07) is 7.60. The van der Waals surface area contributed by atoms with Crippen LogP contribution in [-0.2, 0) is 10.3 Å². The minimum absolute atomic E-state index is 0.0100. The number of pyridine rings is 1. The van der Waals surface area contributed by atoms with Crippen LogP contribution in [0.5, 0.6) is 0 Å². The zero-order valence-corrected chi connectivity index (χ0v) is 17.6. The van der Waals surface area contributed by atoms with Crippen molar-refractivity contribution in [3.05, 3.63) is 74.9 Å². The molecule has 1 saturated heterocycles. The second kappa shape index (κ2) is 8.60. The van der Waals surface area contributed by atoms with Gasteiger partial charge in [-0.3, -0.25) is 4.79 Å². The maximum Gasteiger partial charge on any atom is 0.347 e. The molecule has 0 radical (unpaired) electrons. The van der Waals surface area contributed by atoms with Gasteiger partial charge in [0.1, 0.15) is 22.4 Å². The fourth-order valence-corrected chi connectivity index (χ4v) is 3.98. The average molecular weight is 446 g/mol. The van der Waals surface area contributed by atoms with Crippen LogP contribution in [0.1, 0.15) is 41.0 Å². The van der Waals surface area contributed by atoms with Gasteiger partial charge in [0.05, 0.1) is 24.0 Å². The molecule has 3 aromatic rings. The highest BCUT2D eigenvalue weighted by atomic mass is 35.5. The van der Waals surface area contributed by atoms with Gasteiger partial charge in [-0.15, -0.1) is 0 Å². The summed E-state index contributed by atoms with van der Waals surface area (Å²) in [4.78, 5) is 29.0. The van der Waals surface area contributed by atoms with Crippen molar-refractivity contribution in [1.82, 2.24) is 25.1 Å². The number of carbonyl (C=O) groups is 1. The Balaban J connectivity index is 1.59. The largest absolute Gasteiger partial charge is 0.368 e. The highest BCUT2D eigenvalue weighted by Gasteiger charge is 2.36. The molecule has 0 spiro atoms. The predicted octanol–water partition coefficient (Wildman–Crippen LogP) is 2.88. The molecule has 0 aliphatic carbocycles. The van der Waals surface area contributed by atoms with E-state index in [2.05, 4.69) is 20.5 Å². The lowest BCUT2D eigenvalue weighted by atomic mass is 9.86. The van der Waals surface area contributed by atoms with Gasteiger partial charge < -0.3 is 10.1 Å². The third-order valence-corrected chi connectivity index (χ3v) is 5.73. The lowest BCUT2D eigenvalue weighted by molar-refractivity contribution is -0.0809. The van der Waals surface area contributed by atoms with E-state index in [0.717, 1.165) is 18.4 Å². The van der Waals surface area contributed by atoms with Crippen LogP contribution in [0.25, 0.3) is 5.69 Å². The fraction of sp³-hybridized carbons (Fsp3) is 0.333. The predicted molar refractivity (Wildman–Crippen MR) is 112 cm³/mol. The van der Waals surface area contributed by atoms with E-state index < -0.39 is 17.2 Å². The number of rotatable bonds is 5. The van der Waals surface area contributed by atoms with Gasteiger partial charge >= 0.3 is 5.69 Å². The number of nitrogens with zero attached hydrogens (tertiary/aromatic N) is 3. The number of halogens is 2. The number of aryl methyl sites for hydroxylation is 1. The molecule has 1 amide bonds. The molecule has 0 bridgehead atoms. The third kappa shape index (κ3) is 4.24. The Labute approximate surface area is 182 Å². The van der Waals surface area contributed by atoms with E-state index in [1.165, 1.54) is 29.0 Å². The second-order valence-corrected chi connectivity index (χ2v) is 7.79. The molecule has 4 rings (SSSR count). The van der Waals surface area contributed by atoms with Crippen LogP contribution in [0.4, 0.5) is 4.39 Å². The number of hydrogen-bond donors (Lipinski definition) is 2. The van der Waals surface area contributed by atoms with Crippen LogP contribution < -0.4 is 11.0 Å². The van der Waals surface area contributed by atoms with Gasteiger partial charge in [-0.05, 0) is 49.9 Å². The first-order valence-corrected chi connectivity index (χ1v) is 10.3. The van der Waals surface area contributed by atoms with Crippen LogP contribution in [0.3, 0.4) is 0 Å². The van der Waals surface area contributed by atoms with E-state index in [0.29, 0.717) is 24.5 Å². The summed E-state index contributed by atoms with van der Waals surface area (Å²) in [5, 5.41) is 9.09. The van der Waals surface area contributed by atoms with Crippen molar-refractivity contribution in [3.63, 3.8) is 0 Å². The number of nitrogens with one attached hydrogen (secondary N) is 2. The van der Waals surface area contributed by atoms with Crippen LogP contribution in [0, 0.1) is 12.7 Å². The number of ether oxygens (including phenoxy) is 1. The summed E-state index contributed by atoms with van der Waals surface area (Å²) in [6.45, 7) is 2.38. The Bertz CT molecular complexity index is 1150. The van der Waals surface area contributed by atoms with Crippen molar-refractivity contribution < 1.29 is 13.9 Å². The van der Waals surface area contributed by atoms with Crippen molar-refractivity contribution in [2.75, 3.05) is 13.2 Å². The Morgan fingerprint density at radius 2 is 2.13 bits per heavy atom. The van der Waals surface area contributed by atoms with E-state index in [9.17, 15) is 14.0 Å². The quantitative estimate of drug-likeness (QED) is 0.588. The Hall–Kier alpha value is -3.04. The van der Waals surface area contributed by atoms with Crippen LogP contribution in [-0.4, -0.2) is 38.8 Å². The standard InChI is InChI=1S/C21H21ClFN5O3/c1-13-26-27-20(30)28(13)16-10-17(18(22)24-11-16)19(29)25-12-21(8-2-3-9-31-21)14-4-6-15(23)7-5-14/h4-7,10-11H,2-3,8-9,12H2,1H3,(H,25,29)(H,27,30). The first-order valence-electron chi connectivity index (χ1n) is 9.88. The molecule has 2 N–H and O–H groups in total. The summed E-state index contributed by atoms with van der Waals surface area (Å²) in [5.74, 6) is -0.367. The van der Waals surface area contributed by atoms with E-state index in [1.54, 1.807) is 19.1 Å². The molecule has 31 heavy (non-hydrogen) atoms. The number of benzene rings is 1. The molecule has 0 saturated carbocycles. The van der Waals surface area contributed by atoms with Crippen molar-refractivity contribution in [2.24, 2.45) is 0 Å². The minimum Gasteiger partial charge on any atom is -0.368 e. The second-order valence-electron chi connectivity index (χ2n) is 7.43. The highest BCUT2D eigenvalue weighted by molar-refractivity contribution is 6.32. The molecule has 1 aliphatic rings. The van der Waals surface area contributed by atoms with Gasteiger partial charge in [-0.2, -0.15) is 5.10 Å². The van der Waals surface area contributed by atoms with Gasteiger partial charge in [0, 0.05) is 6.61 Å². The van der Waals surface area contributed by atoms with E-state index in [4.69, 9.17) is 16.3 Å². The maximum absolute atomic E-state index is 13.4. The van der Waals surface area contributed by atoms with Crippen molar-refractivity contribution in [1.29, 1.82) is 0 Å².